The standard InChI is InChI=1S/C21H16Br2ClNO5S/c1-11(20(27)29-2)25-19(26)17(31-21(25)28)9-13-7-15(22)18(16(23)8-13)30-10-12-3-5-14(24)6-4-12/h3-9,11H,10H2,1-2H3/b17-9+/t11-/m1/s1. The van der Waals surface area contributed by atoms with Gasteiger partial charge in [0.1, 0.15) is 18.4 Å². The van der Waals surface area contributed by atoms with E-state index < -0.39 is 23.2 Å². The van der Waals surface area contributed by atoms with Crippen molar-refractivity contribution in [3.8, 4) is 5.75 Å². The first kappa shape index (κ1) is 23.8. The van der Waals surface area contributed by atoms with Gasteiger partial charge in [0.2, 0.25) is 0 Å². The molecule has 1 aliphatic heterocycles. The zero-order valence-electron chi connectivity index (χ0n) is 16.4. The van der Waals surface area contributed by atoms with Crippen molar-refractivity contribution in [3.05, 3.63) is 66.4 Å². The number of nitrogens with zero attached hydrogens (tertiary/aromatic N) is 1. The average Bonchev–Trinajstić information content (AvgIpc) is 3.00. The molecule has 10 heteroatoms. The first-order chi connectivity index (χ1) is 14.7. The Hall–Kier alpha value is -1.81. The number of carbonyl (C=O) groups is 3. The first-order valence-corrected chi connectivity index (χ1v) is 11.7. The SMILES string of the molecule is COC(=O)[C@@H](C)N1C(=O)S/C(=C/c2cc(Br)c(OCc3ccc(Cl)cc3)c(Br)c2)C1=O. The van der Waals surface area contributed by atoms with Gasteiger partial charge in [-0.15, -0.1) is 0 Å². The molecule has 31 heavy (non-hydrogen) atoms. The van der Waals surface area contributed by atoms with Gasteiger partial charge in [0.05, 0.1) is 21.0 Å². The van der Waals surface area contributed by atoms with E-state index in [2.05, 4.69) is 36.6 Å². The van der Waals surface area contributed by atoms with Gasteiger partial charge in [0.15, 0.2) is 0 Å². The Labute approximate surface area is 205 Å². The van der Waals surface area contributed by atoms with Gasteiger partial charge >= 0.3 is 5.97 Å². The summed E-state index contributed by atoms with van der Waals surface area (Å²) in [6.07, 6.45) is 1.59. The highest BCUT2D eigenvalue weighted by atomic mass is 79.9. The third-order valence-electron chi connectivity index (χ3n) is 4.37. The van der Waals surface area contributed by atoms with Crippen molar-refractivity contribution < 1.29 is 23.9 Å². The molecule has 0 aliphatic carbocycles. The van der Waals surface area contributed by atoms with Gasteiger partial charge in [0.25, 0.3) is 11.1 Å². The third kappa shape index (κ3) is 5.52. The molecular weight excluding hydrogens is 574 g/mol. The molecule has 0 unspecified atom stereocenters. The normalized spacial score (nSPS) is 16.0. The number of amides is 2. The fourth-order valence-corrected chi connectivity index (χ4v) is 5.26. The van der Waals surface area contributed by atoms with Crippen LogP contribution in [0.4, 0.5) is 4.79 Å². The van der Waals surface area contributed by atoms with Crippen molar-refractivity contribution in [2.45, 2.75) is 19.6 Å². The highest BCUT2D eigenvalue weighted by Crippen LogP contribution is 2.38. The van der Waals surface area contributed by atoms with E-state index >= 15 is 0 Å². The number of ether oxygens (including phenoxy) is 2. The van der Waals surface area contributed by atoms with Gasteiger partial charge in [-0.05, 0) is 92.0 Å². The second-order valence-corrected chi connectivity index (χ2v) is 9.62. The van der Waals surface area contributed by atoms with Gasteiger partial charge in [-0.25, -0.2) is 4.79 Å². The Balaban J connectivity index is 1.78. The smallest absolute Gasteiger partial charge is 0.328 e. The Kier molecular flexibility index (Phi) is 7.85. The van der Waals surface area contributed by atoms with Crippen molar-refractivity contribution >= 4 is 78.4 Å². The summed E-state index contributed by atoms with van der Waals surface area (Å²) in [4.78, 5) is 37.7. The third-order valence-corrected chi connectivity index (χ3v) is 6.68. The molecule has 1 fully saturated rings. The van der Waals surface area contributed by atoms with Crippen LogP contribution in [0.2, 0.25) is 5.02 Å². The lowest BCUT2D eigenvalue weighted by Gasteiger charge is -2.18. The number of hydrogen-bond donors (Lipinski definition) is 0. The van der Waals surface area contributed by atoms with Gasteiger partial charge in [-0.1, -0.05) is 23.7 Å². The summed E-state index contributed by atoms with van der Waals surface area (Å²) >= 11 is 13.7. The van der Waals surface area contributed by atoms with Gasteiger partial charge in [-0.3, -0.25) is 14.5 Å². The van der Waals surface area contributed by atoms with Crippen molar-refractivity contribution in [1.29, 1.82) is 0 Å². The van der Waals surface area contributed by atoms with Crippen LogP contribution >= 0.6 is 55.2 Å². The van der Waals surface area contributed by atoms with Crippen LogP contribution in [-0.2, 0) is 20.9 Å². The maximum atomic E-state index is 12.7. The first-order valence-electron chi connectivity index (χ1n) is 8.92. The molecule has 162 valence electrons. The van der Waals surface area contributed by atoms with E-state index in [4.69, 9.17) is 16.3 Å². The largest absolute Gasteiger partial charge is 0.487 e. The molecule has 0 saturated carbocycles. The summed E-state index contributed by atoms with van der Waals surface area (Å²) in [5.41, 5.74) is 1.63. The van der Waals surface area contributed by atoms with Crippen molar-refractivity contribution in [3.63, 3.8) is 0 Å². The topological polar surface area (TPSA) is 72.9 Å². The minimum Gasteiger partial charge on any atom is -0.487 e. The van der Waals surface area contributed by atoms with Crippen molar-refractivity contribution in [2.75, 3.05) is 7.11 Å². The predicted octanol–water partition coefficient (Wildman–Crippen LogP) is 6.04. The average molecular weight is 590 g/mol. The zero-order valence-corrected chi connectivity index (χ0v) is 21.1. The minimum atomic E-state index is -0.995. The summed E-state index contributed by atoms with van der Waals surface area (Å²) in [6.45, 7) is 1.79. The number of hydrogen-bond acceptors (Lipinski definition) is 6. The van der Waals surface area contributed by atoms with Crippen LogP contribution in [0, 0.1) is 0 Å². The zero-order chi connectivity index (χ0) is 22.7. The lowest BCUT2D eigenvalue weighted by molar-refractivity contribution is -0.148. The highest BCUT2D eigenvalue weighted by Gasteiger charge is 2.41. The van der Waals surface area contributed by atoms with Crippen LogP contribution in [-0.4, -0.2) is 35.2 Å². The molecule has 2 aromatic rings. The summed E-state index contributed by atoms with van der Waals surface area (Å²) < 4.78 is 11.9. The van der Waals surface area contributed by atoms with E-state index in [0.29, 0.717) is 31.9 Å². The molecule has 0 bridgehead atoms. The van der Waals surface area contributed by atoms with E-state index in [9.17, 15) is 14.4 Å². The second-order valence-electron chi connectivity index (χ2n) is 6.48. The van der Waals surface area contributed by atoms with Crippen LogP contribution in [0.25, 0.3) is 6.08 Å². The number of benzene rings is 2. The molecule has 3 rings (SSSR count). The van der Waals surface area contributed by atoms with E-state index in [1.807, 2.05) is 12.1 Å². The predicted molar refractivity (Wildman–Crippen MR) is 127 cm³/mol. The Bertz CT molecular complexity index is 1050. The molecule has 1 atom stereocenters. The Morgan fingerprint density at radius 2 is 1.81 bits per heavy atom. The highest BCUT2D eigenvalue weighted by molar-refractivity contribution is 9.11. The minimum absolute atomic E-state index is 0.217. The van der Waals surface area contributed by atoms with E-state index in [0.717, 1.165) is 22.2 Å². The van der Waals surface area contributed by atoms with Crippen LogP contribution in [0.1, 0.15) is 18.1 Å². The molecule has 2 amide bonds. The molecule has 1 saturated heterocycles. The monoisotopic (exact) mass is 587 g/mol. The molecule has 1 heterocycles. The Morgan fingerprint density at radius 3 is 2.39 bits per heavy atom. The molecule has 6 nitrogen and oxygen atoms in total. The summed E-state index contributed by atoms with van der Waals surface area (Å²) in [7, 11) is 1.21. The summed E-state index contributed by atoms with van der Waals surface area (Å²) in [5.74, 6) is -0.598. The maximum Gasteiger partial charge on any atom is 0.328 e. The number of rotatable bonds is 6. The number of esters is 1. The molecule has 2 aromatic carbocycles. The van der Waals surface area contributed by atoms with E-state index in [1.165, 1.54) is 14.0 Å². The van der Waals surface area contributed by atoms with Crippen LogP contribution in [0.3, 0.4) is 0 Å². The van der Waals surface area contributed by atoms with Gasteiger partial charge in [0, 0.05) is 5.02 Å². The van der Waals surface area contributed by atoms with Crippen molar-refractivity contribution in [1.82, 2.24) is 4.90 Å². The van der Waals surface area contributed by atoms with Crippen LogP contribution in [0.15, 0.2) is 50.2 Å². The molecule has 0 radical (unpaired) electrons. The second kappa shape index (κ2) is 10.2. The lowest BCUT2D eigenvalue weighted by Crippen LogP contribution is -2.42. The van der Waals surface area contributed by atoms with Crippen LogP contribution in [0.5, 0.6) is 5.75 Å². The number of thioether (sulfide) groups is 1. The summed E-state index contributed by atoms with van der Waals surface area (Å²) in [5, 5.41) is 0.135. The Morgan fingerprint density at radius 1 is 1.19 bits per heavy atom. The van der Waals surface area contributed by atoms with Crippen molar-refractivity contribution in [2.24, 2.45) is 0 Å². The number of methoxy groups -OCH3 is 1. The van der Waals surface area contributed by atoms with E-state index in [-0.39, 0.29) is 4.91 Å². The van der Waals surface area contributed by atoms with E-state index in [1.54, 1.807) is 30.3 Å². The molecule has 0 aromatic heterocycles. The lowest BCUT2D eigenvalue weighted by atomic mass is 10.2. The number of carbonyl (C=O) groups excluding carboxylic acids is 3. The maximum absolute atomic E-state index is 12.7. The molecule has 0 spiro atoms. The molecule has 1 aliphatic rings. The quantitative estimate of drug-likeness (QED) is 0.302. The summed E-state index contributed by atoms with van der Waals surface area (Å²) in [6, 6.07) is 9.90. The van der Waals surface area contributed by atoms with Gasteiger partial charge < -0.3 is 9.47 Å². The number of imide groups is 1. The van der Waals surface area contributed by atoms with Crippen LogP contribution < -0.4 is 4.74 Å². The fourth-order valence-electron chi connectivity index (χ4n) is 2.78. The molecular formula is C21H16Br2ClNO5S. The molecule has 0 N–H and O–H groups in total. The number of halogens is 3. The fraction of sp³-hybridized carbons (Fsp3) is 0.190. The van der Waals surface area contributed by atoms with Gasteiger partial charge in [-0.2, -0.15) is 0 Å².